The fourth-order valence-electron chi connectivity index (χ4n) is 4.60. The van der Waals surface area contributed by atoms with Crippen molar-refractivity contribution >= 4 is 54.7 Å². The normalized spacial score (nSPS) is 15.5. The Morgan fingerprint density at radius 2 is 1.57 bits per heavy atom. The molecule has 1 fully saturated rings. The molecular weight excluding hydrogens is 607 g/mol. The fourth-order valence-corrected chi connectivity index (χ4v) is 7.47. The molecule has 0 spiro atoms. The number of hydrogen-bond donors (Lipinski definition) is 3. The number of carbonyl (C=O) groups is 2. The predicted octanol–water partition coefficient (Wildman–Crippen LogP) is 4.02. The van der Waals surface area contributed by atoms with Crippen LogP contribution in [-0.4, -0.2) is 52.0 Å². The van der Waals surface area contributed by atoms with Crippen LogP contribution >= 0.6 is 11.6 Å². The molecule has 1 saturated heterocycles. The van der Waals surface area contributed by atoms with Crippen molar-refractivity contribution in [1.82, 2.24) is 4.90 Å². The second kappa shape index (κ2) is 12.6. The lowest BCUT2D eigenvalue weighted by Crippen LogP contribution is -2.46. The van der Waals surface area contributed by atoms with E-state index in [2.05, 4.69) is 16.6 Å². The molecule has 1 unspecified atom stereocenters. The van der Waals surface area contributed by atoms with Gasteiger partial charge in [-0.2, -0.15) is 0 Å². The third-order valence-electron chi connectivity index (χ3n) is 6.87. The van der Waals surface area contributed by atoms with E-state index in [4.69, 9.17) is 17.3 Å². The molecule has 222 valence electrons. The molecule has 1 heterocycles. The molecule has 4 rings (SSSR count). The molecule has 3 aromatic carbocycles. The quantitative estimate of drug-likeness (QED) is 0.285. The standard InChI is InChI=1S/C28H28ClFN4O6S2/c1-2-25(34-16-14-18(15-17-34)27(31)35)41(37,38)21-12-8-20(9-13-21)32-28(36)23-4-3-5-24(30)26(23)33-42(39,40)22-10-6-19(29)7-11-22/h2-13,18,25,33H,1,14-17H2,(H2,31,35)(H,32,36). The summed E-state index contributed by atoms with van der Waals surface area (Å²) in [5.74, 6) is -2.52. The number of nitrogens with zero attached hydrogens (tertiary/aromatic N) is 1. The second-order valence-electron chi connectivity index (χ2n) is 9.58. The van der Waals surface area contributed by atoms with Gasteiger partial charge in [0.05, 0.1) is 21.0 Å². The van der Waals surface area contributed by atoms with E-state index in [1.165, 1.54) is 66.7 Å². The first-order chi connectivity index (χ1) is 19.8. The number of piperidine rings is 1. The number of likely N-dealkylation sites (tertiary alicyclic amines) is 1. The molecule has 0 aromatic heterocycles. The van der Waals surface area contributed by atoms with Crippen molar-refractivity contribution in [3.63, 3.8) is 0 Å². The van der Waals surface area contributed by atoms with E-state index in [9.17, 15) is 30.8 Å². The summed E-state index contributed by atoms with van der Waals surface area (Å²) in [5.41, 5.74) is 4.71. The second-order valence-corrected chi connectivity index (χ2v) is 13.7. The number of anilines is 2. The average Bonchev–Trinajstić information content (AvgIpc) is 2.95. The summed E-state index contributed by atoms with van der Waals surface area (Å²) >= 11 is 5.82. The fraction of sp³-hybridized carbons (Fsp3) is 0.214. The smallest absolute Gasteiger partial charge is 0.262 e. The zero-order valence-corrected chi connectivity index (χ0v) is 24.6. The molecule has 0 radical (unpaired) electrons. The highest BCUT2D eigenvalue weighted by atomic mass is 35.5. The predicted molar refractivity (Wildman–Crippen MR) is 158 cm³/mol. The Hall–Kier alpha value is -3.78. The summed E-state index contributed by atoms with van der Waals surface area (Å²) < 4.78 is 69.3. The highest BCUT2D eigenvalue weighted by Gasteiger charge is 2.34. The summed E-state index contributed by atoms with van der Waals surface area (Å²) in [7, 11) is -8.16. The highest BCUT2D eigenvalue weighted by molar-refractivity contribution is 7.92. The van der Waals surface area contributed by atoms with Crippen molar-refractivity contribution < 1.29 is 30.8 Å². The van der Waals surface area contributed by atoms with Crippen LogP contribution in [0.1, 0.15) is 23.2 Å². The summed E-state index contributed by atoms with van der Waals surface area (Å²) in [5, 5.41) is 1.81. The van der Waals surface area contributed by atoms with Crippen LogP contribution in [0, 0.1) is 11.7 Å². The lowest BCUT2D eigenvalue weighted by Gasteiger charge is -2.34. The number of benzene rings is 3. The maximum absolute atomic E-state index is 14.7. The van der Waals surface area contributed by atoms with Gasteiger partial charge in [0.1, 0.15) is 11.2 Å². The van der Waals surface area contributed by atoms with E-state index in [0.717, 1.165) is 6.07 Å². The number of sulfonamides is 1. The number of carbonyl (C=O) groups excluding carboxylic acids is 2. The van der Waals surface area contributed by atoms with Gasteiger partial charge in [-0.3, -0.25) is 19.2 Å². The molecule has 0 aliphatic carbocycles. The molecule has 1 aliphatic rings. The molecule has 2 amide bonds. The minimum Gasteiger partial charge on any atom is -0.369 e. The van der Waals surface area contributed by atoms with Crippen molar-refractivity contribution in [3.8, 4) is 0 Å². The number of nitrogens with two attached hydrogens (primary N) is 1. The van der Waals surface area contributed by atoms with Gasteiger partial charge < -0.3 is 11.1 Å². The first kappa shape index (κ1) is 31.2. The van der Waals surface area contributed by atoms with Gasteiger partial charge in [-0.05, 0) is 73.5 Å². The van der Waals surface area contributed by atoms with Gasteiger partial charge >= 0.3 is 0 Å². The van der Waals surface area contributed by atoms with Crippen LogP contribution in [0.15, 0.2) is 89.2 Å². The third-order valence-corrected chi connectivity index (χ3v) is 10.5. The molecule has 1 aliphatic heterocycles. The molecule has 3 aromatic rings. The maximum atomic E-state index is 14.7. The number of rotatable bonds is 10. The number of hydrogen-bond acceptors (Lipinski definition) is 7. The first-order valence-electron chi connectivity index (χ1n) is 12.7. The summed E-state index contributed by atoms with van der Waals surface area (Å²) in [4.78, 5) is 26.0. The van der Waals surface area contributed by atoms with E-state index >= 15 is 0 Å². The highest BCUT2D eigenvalue weighted by Crippen LogP contribution is 2.28. The molecule has 1 atom stereocenters. The molecule has 10 nitrogen and oxygen atoms in total. The van der Waals surface area contributed by atoms with Gasteiger partial charge in [0.25, 0.3) is 15.9 Å². The molecule has 0 saturated carbocycles. The number of nitrogens with one attached hydrogen (secondary N) is 2. The van der Waals surface area contributed by atoms with Crippen molar-refractivity contribution in [3.05, 3.63) is 95.8 Å². The Morgan fingerprint density at radius 3 is 2.14 bits per heavy atom. The Morgan fingerprint density at radius 1 is 0.976 bits per heavy atom. The summed E-state index contributed by atoms with van der Waals surface area (Å²) in [6.07, 6.45) is 2.21. The van der Waals surface area contributed by atoms with E-state index < -0.39 is 48.6 Å². The topological polar surface area (TPSA) is 156 Å². The number of halogens is 2. The Bertz CT molecular complexity index is 1710. The van der Waals surface area contributed by atoms with Crippen LogP contribution in [0.3, 0.4) is 0 Å². The van der Waals surface area contributed by atoms with Crippen molar-refractivity contribution in [2.24, 2.45) is 11.7 Å². The zero-order chi connectivity index (χ0) is 30.7. The Balaban J connectivity index is 1.51. The molecular formula is C28H28ClFN4O6S2. The lowest BCUT2D eigenvalue weighted by atomic mass is 9.96. The summed E-state index contributed by atoms with van der Waals surface area (Å²) in [6, 6.07) is 14.0. The van der Waals surface area contributed by atoms with Crippen LogP contribution in [0.4, 0.5) is 15.8 Å². The van der Waals surface area contributed by atoms with Crippen LogP contribution in [0.5, 0.6) is 0 Å². The maximum Gasteiger partial charge on any atom is 0.262 e. The van der Waals surface area contributed by atoms with Crippen LogP contribution in [0.25, 0.3) is 0 Å². The van der Waals surface area contributed by atoms with Crippen LogP contribution in [-0.2, 0) is 24.7 Å². The van der Waals surface area contributed by atoms with Crippen molar-refractivity contribution in [2.75, 3.05) is 23.1 Å². The van der Waals surface area contributed by atoms with E-state index in [-0.39, 0.29) is 27.0 Å². The number of primary amides is 1. The number of para-hydroxylation sites is 1. The van der Waals surface area contributed by atoms with Gasteiger partial charge in [-0.1, -0.05) is 23.7 Å². The third kappa shape index (κ3) is 6.81. The molecule has 0 bridgehead atoms. The average molecular weight is 635 g/mol. The first-order valence-corrected chi connectivity index (χ1v) is 16.1. The summed E-state index contributed by atoms with van der Waals surface area (Å²) in [6.45, 7) is 4.39. The minimum atomic E-state index is -4.26. The number of amides is 2. The minimum absolute atomic E-state index is 0.0235. The molecule has 14 heteroatoms. The van der Waals surface area contributed by atoms with Gasteiger partial charge in [-0.15, -0.1) is 6.58 Å². The number of sulfone groups is 1. The van der Waals surface area contributed by atoms with Gasteiger partial charge in [0.15, 0.2) is 9.84 Å². The van der Waals surface area contributed by atoms with Gasteiger partial charge in [0.2, 0.25) is 5.91 Å². The van der Waals surface area contributed by atoms with Gasteiger partial charge in [0, 0.05) is 29.7 Å². The van der Waals surface area contributed by atoms with Gasteiger partial charge in [-0.25, -0.2) is 21.2 Å². The van der Waals surface area contributed by atoms with E-state index in [0.29, 0.717) is 31.0 Å². The van der Waals surface area contributed by atoms with Crippen molar-refractivity contribution in [1.29, 1.82) is 0 Å². The molecule has 42 heavy (non-hydrogen) atoms. The van der Waals surface area contributed by atoms with E-state index in [1.807, 2.05) is 0 Å². The Kier molecular flexibility index (Phi) is 9.36. The SMILES string of the molecule is C=CC(N1CCC(C(N)=O)CC1)S(=O)(=O)c1ccc(NC(=O)c2cccc(F)c2NS(=O)(=O)c2ccc(Cl)cc2)cc1. The monoisotopic (exact) mass is 634 g/mol. The van der Waals surface area contributed by atoms with Crippen molar-refractivity contribution in [2.45, 2.75) is 28.0 Å². The van der Waals surface area contributed by atoms with Crippen LogP contribution in [0.2, 0.25) is 5.02 Å². The van der Waals surface area contributed by atoms with Crippen LogP contribution < -0.4 is 15.8 Å². The Labute approximate surface area is 248 Å². The van der Waals surface area contributed by atoms with E-state index in [1.54, 1.807) is 4.90 Å². The molecule has 4 N–H and O–H groups in total. The zero-order valence-electron chi connectivity index (χ0n) is 22.2. The lowest BCUT2D eigenvalue weighted by molar-refractivity contribution is -0.123. The largest absolute Gasteiger partial charge is 0.369 e.